The highest BCUT2D eigenvalue weighted by molar-refractivity contribution is 6.08. The Bertz CT molecular complexity index is 670. The molecule has 0 aromatic heterocycles. The minimum Gasteiger partial charge on any atom is -0.375 e. The number of aryl methyl sites for hydroxylation is 1. The van der Waals surface area contributed by atoms with Crippen molar-refractivity contribution >= 4 is 17.4 Å². The number of anilines is 1. The van der Waals surface area contributed by atoms with Gasteiger partial charge in [0.15, 0.2) is 5.60 Å². The molecule has 0 radical (unpaired) electrons. The van der Waals surface area contributed by atoms with Gasteiger partial charge >= 0.3 is 0 Å². The van der Waals surface area contributed by atoms with E-state index >= 15 is 0 Å². The van der Waals surface area contributed by atoms with Crippen LogP contribution in [0.4, 0.5) is 5.69 Å². The number of aliphatic hydroxyl groups is 1. The smallest absolute Gasteiger partial charge is 0.264 e. The number of hydrogen-bond donors (Lipinski definition) is 1. The van der Waals surface area contributed by atoms with Crippen molar-refractivity contribution in [1.29, 1.82) is 0 Å². The van der Waals surface area contributed by atoms with Gasteiger partial charge in [-0.2, -0.15) is 0 Å². The van der Waals surface area contributed by atoms with Gasteiger partial charge in [0.05, 0.1) is 5.69 Å². The van der Waals surface area contributed by atoms with Crippen molar-refractivity contribution in [3.8, 4) is 0 Å². The Labute approximate surface area is 170 Å². The van der Waals surface area contributed by atoms with E-state index in [9.17, 15) is 14.7 Å². The number of nitrogens with zero attached hydrogens (tertiary/aromatic N) is 1. The number of carbonyl (C=O) groups is 2. The Kier molecular flexibility index (Phi) is 8.68. The number of Topliss-reactive ketones (excluding diaryl/α,β-unsaturated/α-hetero) is 1. The normalized spacial score (nSPS) is 18.6. The number of ketones is 1. The van der Waals surface area contributed by atoms with Crippen molar-refractivity contribution in [3.63, 3.8) is 0 Å². The molecule has 1 amide bonds. The molecule has 1 aliphatic rings. The molecule has 0 saturated heterocycles. The summed E-state index contributed by atoms with van der Waals surface area (Å²) in [7, 11) is 0. The largest absolute Gasteiger partial charge is 0.375 e. The maximum atomic E-state index is 12.9. The second-order valence-corrected chi connectivity index (χ2v) is 8.40. The molecule has 4 heteroatoms. The molecule has 0 saturated carbocycles. The first-order valence-corrected chi connectivity index (χ1v) is 11.0. The van der Waals surface area contributed by atoms with E-state index in [2.05, 4.69) is 6.92 Å². The standard InChI is InChI=1S/C24H37NO3/c1-4-5-6-7-8-9-10-11-12-13-16-25-22-15-14-19(2)17-21(22)24(28,23(25)27)18-20(3)26/h14-15,17,28H,4-13,16,18H2,1-3H3. The summed E-state index contributed by atoms with van der Waals surface area (Å²) < 4.78 is 0. The highest BCUT2D eigenvalue weighted by atomic mass is 16.3. The first-order chi connectivity index (χ1) is 13.4. The van der Waals surface area contributed by atoms with E-state index in [1.807, 2.05) is 25.1 Å². The van der Waals surface area contributed by atoms with Gasteiger partial charge in [-0.3, -0.25) is 9.59 Å². The Morgan fingerprint density at radius 3 is 2.14 bits per heavy atom. The van der Waals surface area contributed by atoms with E-state index in [-0.39, 0.29) is 18.1 Å². The second-order valence-electron chi connectivity index (χ2n) is 8.40. The topological polar surface area (TPSA) is 57.6 Å². The highest BCUT2D eigenvalue weighted by Crippen LogP contribution is 2.43. The first kappa shape index (κ1) is 22.6. The lowest BCUT2D eigenvalue weighted by Gasteiger charge is -2.22. The fraction of sp³-hybridized carbons (Fsp3) is 0.667. The Morgan fingerprint density at radius 1 is 1.00 bits per heavy atom. The first-order valence-electron chi connectivity index (χ1n) is 11.0. The Balaban J connectivity index is 1.84. The predicted molar refractivity (Wildman–Crippen MR) is 115 cm³/mol. The third-order valence-electron chi connectivity index (χ3n) is 5.73. The van der Waals surface area contributed by atoms with Gasteiger partial charge in [0.1, 0.15) is 5.78 Å². The summed E-state index contributed by atoms with van der Waals surface area (Å²) in [5.41, 5.74) is 0.621. The second kappa shape index (κ2) is 10.8. The van der Waals surface area contributed by atoms with Gasteiger partial charge in [-0.15, -0.1) is 0 Å². The molecular formula is C24H37NO3. The van der Waals surface area contributed by atoms with E-state index in [1.165, 1.54) is 58.3 Å². The summed E-state index contributed by atoms with van der Waals surface area (Å²) in [4.78, 5) is 26.3. The van der Waals surface area contributed by atoms with Gasteiger partial charge in [0, 0.05) is 18.5 Å². The lowest BCUT2D eigenvalue weighted by atomic mass is 9.89. The summed E-state index contributed by atoms with van der Waals surface area (Å²) >= 11 is 0. The fourth-order valence-electron chi connectivity index (χ4n) is 4.17. The van der Waals surface area contributed by atoms with Crippen LogP contribution in [-0.4, -0.2) is 23.3 Å². The van der Waals surface area contributed by atoms with Crippen molar-refractivity contribution in [3.05, 3.63) is 29.3 Å². The quantitative estimate of drug-likeness (QED) is 0.459. The average Bonchev–Trinajstić information content (AvgIpc) is 2.84. The average molecular weight is 388 g/mol. The van der Waals surface area contributed by atoms with Crippen LogP contribution in [0, 0.1) is 6.92 Å². The van der Waals surface area contributed by atoms with E-state index in [1.54, 1.807) is 4.90 Å². The molecule has 1 aromatic carbocycles. The Hall–Kier alpha value is -1.68. The summed E-state index contributed by atoms with van der Waals surface area (Å²) in [6.45, 7) is 6.20. The third-order valence-corrected chi connectivity index (χ3v) is 5.73. The molecule has 4 nitrogen and oxygen atoms in total. The van der Waals surface area contributed by atoms with Crippen LogP contribution in [0.15, 0.2) is 18.2 Å². The monoisotopic (exact) mass is 387 g/mol. The molecule has 0 aliphatic carbocycles. The SMILES string of the molecule is CCCCCCCCCCCCN1C(=O)C(O)(CC(C)=O)c2cc(C)ccc21. The van der Waals surface area contributed by atoms with Crippen LogP contribution in [0.5, 0.6) is 0 Å². The van der Waals surface area contributed by atoms with Gasteiger partial charge in [-0.05, 0) is 26.3 Å². The molecule has 1 aromatic rings. The zero-order chi connectivity index (χ0) is 20.6. The number of rotatable bonds is 13. The van der Waals surface area contributed by atoms with Crippen LogP contribution in [0.25, 0.3) is 0 Å². The number of benzene rings is 1. The highest BCUT2D eigenvalue weighted by Gasteiger charge is 2.50. The van der Waals surface area contributed by atoms with Gasteiger partial charge in [-0.25, -0.2) is 0 Å². The summed E-state index contributed by atoms with van der Waals surface area (Å²) in [6.07, 6.45) is 12.3. The molecule has 1 aliphatic heterocycles. The lowest BCUT2D eigenvalue weighted by molar-refractivity contribution is -0.141. The van der Waals surface area contributed by atoms with Crippen molar-refractivity contribution in [2.75, 3.05) is 11.4 Å². The Morgan fingerprint density at radius 2 is 1.57 bits per heavy atom. The van der Waals surface area contributed by atoms with Crippen LogP contribution in [0.2, 0.25) is 0 Å². The molecule has 28 heavy (non-hydrogen) atoms. The molecule has 0 fully saturated rings. The third kappa shape index (κ3) is 5.66. The number of unbranched alkanes of at least 4 members (excludes halogenated alkanes) is 9. The molecule has 1 atom stereocenters. The molecule has 0 spiro atoms. The van der Waals surface area contributed by atoms with Gasteiger partial charge in [-0.1, -0.05) is 82.4 Å². The predicted octanol–water partition coefficient (Wildman–Crippen LogP) is 5.43. The van der Waals surface area contributed by atoms with Crippen molar-refractivity contribution in [2.45, 2.75) is 97.0 Å². The van der Waals surface area contributed by atoms with Crippen LogP contribution < -0.4 is 4.90 Å². The minimum atomic E-state index is -1.70. The van der Waals surface area contributed by atoms with E-state index in [0.29, 0.717) is 12.1 Å². The molecule has 0 bridgehead atoms. The van der Waals surface area contributed by atoms with Gasteiger partial charge in [0.2, 0.25) is 0 Å². The van der Waals surface area contributed by atoms with Crippen molar-refractivity contribution < 1.29 is 14.7 Å². The van der Waals surface area contributed by atoms with Gasteiger partial charge < -0.3 is 10.0 Å². The lowest BCUT2D eigenvalue weighted by Crippen LogP contribution is -2.41. The zero-order valence-electron chi connectivity index (χ0n) is 17.9. The van der Waals surface area contributed by atoms with Crippen molar-refractivity contribution in [2.24, 2.45) is 0 Å². The summed E-state index contributed by atoms with van der Waals surface area (Å²) in [5.74, 6) is -0.525. The van der Waals surface area contributed by atoms with Crippen LogP contribution in [0.1, 0.15) is 95.6 Å². The van der Waals surface area contributed by atoms with Crippen LogP contribution in [0.3, 0.4) is 0 Å². The maximum Gasteiger partial charge on any atom is 0.264 e. The van der Waals surface area contributed by atoms with Crippen molar-refractivity contribution in [1.82, 2.24) is 0 Å². The van der Waals surface area contributed by atoms with Crippen LogP contribution >= 0.6 is 0 Å². The van der Waals surface area contributed by atoms with Crippen LogP contribution in [-0.2, 0) is 15.2 Å². The number of amides is 1. The maximum absolute atomic E-state index is 12.9. The molecule has 1 heterocycles. The summed E-state index contributed by atoms with van der Waals surface area (Å²) in [5, 5.41) is 11.0. The number of hydrogen-bond acceptors (Lipinski definition) is 3. The van der Waals surface area contributed by atoms with E-state index < -0.39 is 5.60 Å². The molecular weight excluding hydrogens is 350 g/mol. The molecule has 2 rings (SSSR count). The van der Waals surface area contributed by atoms with E-state index in [4.69, 9.17) is 0 Å². The zero-order valence-corrected chi connectivity index (χ0v) is 17.9. The minimum absolute atomic E-state index is 0.156. The molecule has 1 unspecified atom stereocenters. The number of fused-ring (bicyclic) bond motifs is 1. The molecule has 1 N–H and O–H groups in total. The van der Waals surface area contributed by atoms with E-state index in [0.717, 1.165) is 24.1 Å². The number of carbonyl (C=O) groups excluding carboxylic acids is 2. The fourth-order valence-corrected chi connectivity index (χ4v) is 4.17. The molecule has 156 valence electrons. The summed E-state index contributed by atoms with van der Waals surface area (Å²) in [6, 6.07) is 5.70. The van der Waals surface area contributed by atoms with Gasteiger partial charge in [0.25, 0.3) is 5.91 Å².